The molecule has 5 rings (SSSR count). The largest absolute Gasteiger partial charge is 0.504 e. The number of ether oxygens (including phenoxy) is 2. The van der Waals surface area contributed by atoms with E-state index in [1.165, 1.54) is 0 Å². The van der Waals surface area contributed by atoms with E-state index in [9.17, 15) is 9.90 Å². The molecular formula is C28H28ClNO4. The fourth-order valence-corrected chi connectivity index (χ4v) is 5.01. The van der Waals surface area contributed by atoms with E-state index in [2.05, 4.69) is 5.32 Å². The Labute approximate surface area is 204 Å². The zero-order valence-corrected chi connectivity index (χ0v) is 19.7. The van der Waals surface area contributed by atoms with Gasteiger partial charge in [0, 0.05) is 23.4 Å². The normalized spacial score (nSPS) is 17.9. The van der Waals surface area contributed by atoms with E-state index in [4.69, 9.17) is 21.1 Å². The molecule has 6 heteroatoms. The standard InChI is InChI=1S/C28H28ClNO4/c29-21-11-12-25-22(16-21)23(17-28(34-25)14-5-15-28)30-26(32)13-10-20-8-4-9-24(31)27(20)33-18-19-6-2-1-3-7-19/h1-4,6-9,11-12,16,23,31H,5,10,13-15,17-18H2,(H,30,32). The molecule has 2 N–H and O–H groups in total. The van der Waals surface area contributed by atoms with Crippen molar-refractivity contribution in [3.63, 3.8) is 0 Å². The van der Waals surface area contributed by atoms with Crippen LogP contribution in [0.25, 0.3) is 0 Å². The zero-order valence-electron chi connectivity index (χ0n) is 18.9. The van der Waals surface area contributed by atoms with Crippen LogP contribution in [0, 0.1) is 0 Å². The molecule has 0 aromatic heterocycles. The summed E-state index contributed by atoms with van der Waals surface area (Å²) in [7, 11) is 0. The molecule has 3 aromatic carbocycles. The van der Waals surface area contributed by atoms with Gasteiger partial charge in [-0.3, -0.25) is 4.79 Å². The highest BCUT2D eigenvalue weighted by atomic mass is 35.5. The maximum Gasteiger partial charge on any atom is 0.220 e. The number of hydrogen-bond acceptors (Lipinski definition) is 4. The summed E-state index contributed by atoms with van der Waals surface area (Å²) in [5.41, 5.74) is 2.57. The van der Waals surface area contributed by atoms with Crippen molar-refractivity contribution in [3.05, 3.63) is 88.4 Å². The van der Waals surface area contributed by atoms with Crippen LogP contribution < -0.4 is 14.8 Å². The third kappa shape index (κ3) is 4.85. The second kappa shape index (κ2) is 9.59. The molecule has 1 heterocycles. The van der Waals surface area contributed by atoms with E-state index >= 15 is 0 Å². The van der Waals surface area contributed by atoms with Crippen molar-refractivity contribution in [2.24, 2.45) is 0 Å². The van der Waals surface area contributed by atoms with Gasteiger partial charge in [-0.2, -0.15) is 0 Å². The van der Waals surface area contributed by atoms with Crippen molar-refractivity contribution >= 4 is 17.5 Å². The molecule has 0 radical (unpaired) electrons. The lowest BCUT2D eigenvalue weighted by Gasteiger charge is -2.48. The first kappa shape index (κ1) is 22.6. The summed E-state index contributed by atoms with van der Waals surface area (Å²) in [6.45, 7) is 0.347. The maximum absolute atomic E-state index is 13.0. The number of halogens is 1. The van der Waals surface area contributed by atoms with E-state index in [-0.39, 0.29) is 29.7 Å². The third-order valence-electron chi connectivity index (χ3n) is 6.77. The van der Waals surface area contributed by atoms with Gasteiger partial charge < -0.3 is 19.9 Å². The number of carbonyl (C=O) groups is 1. The number of benzene rings is 3. The van der Waals surface area contributed by atoms with Crippen LogP contribution in [0.5, 0.6) is 17.2 Å². The van der Waals surface area contributed by atoms with Gasteiger partial charge in [-0.1, -0.05) is 54.1 Å². The predicted molar refractivity (Wildman–Crippen MR) is 131 cm³/mol. The molecule has 3 aromatic rings. The van der Waals surface area contributed by atoms with E-state index in [1.54, 1.807) is 12.1 Å². The fraction of sp³-hybridized carbons (Fsp3) is 0.321. The molecular weight excluding hydrogens is 450 g/mol. The Bertz CT molecular complexity index is 1180. The first-order valence-corrected chi connectivity index (χ1v) is 12.1. The van der Waals surface area contributed by atoms with Gasteiger partial charge >= 0.3 is 0 Å². The highest BCUT2D eigenvalue weighted by Crippen LogP contribution is 2.49. The summed E-state index contributed by atoms with van der Waals surface area (Å²) in [6.07, 6.45) is 4.66. The topological polar surface area (TPSA) is 67.8 Å². The number of aryl methyl sites for hydroxylation is 1. The van der Waals surface area contributed by atoms with Crippen LogP contribution >= 0.6 is 11.6 Å². The van der Waals surface area contributed by atoms with Crippen LogP contribution in [0.3, 0.4) is 0 Å². The van der Waals surface area contributed by atoms with Crippen molar-refractivity contribution in [3.8, 4) is 17.2 Å². The van der Waals surface area contributed by atoms with Crippen molar-refractivity contribution in [1.82, 2.24) is 5.32 Å². The molecule has 1 fully saturated rings. The minimum atomic E-state index is -0.178. The van der Waals surface area contributed by atoms with Gasteiger partial charge in [-0.05, 0) is 61.1 Å². The number of amides is 1. The summed E-state index contributed by atoms with van der Waals surface area (Å²) < 4.78 is 12.2. The smallest absolute Gasteiger partial charge is 0.220 e. The van der Waals surface area contributed by atoms with Gasteiger partial charge in [-0.25, -0.2) is 0 Å². The monoisotopic (exact) mass is 477 g/mol. The molecule has 5 nitrogen and oxygen atoms in total. The third-order valence-corrected chi connectivity index (χ3v) is 7.01. The lowest BCUT2D eigenvalue weighted by atomic mass is 9.73. The average Bonchev–Trinajstić information content (AvgIpc) is 2.82. The fourth-order valence-electron chi connectivity index (χ4n) is 4.83. The van der Waals surface area contributed by atoms with Crippen LogP contribution in [-0.4, -0.2) is 16.6 Å². The second-order valence-corrected chi connectivity index (χ2v) is 9.62. The SMILES string of the molecule is O=C(CCc1cccc(O)c1OCc1ccccc1)NC1CC2(CCC2)Oc2ccc(Cl)cc21. The number of aromatic hydroxyl groups is 1. The minimum Gasteiger partial charge on any atom is -0.504 e. The lowest BCUT2D eigenvalue weighted by Crippen LogP contribution is -2.49. The number of phenols is 1. The van der Waals surface area contributed by atoms with Gasteiger partial charge in [0.25, 0.3) is 0 Å². The highest BCUT2D eigenvalue weighted by Gasteiger charge is 2.45. The zero-order chi connectivity index (χ0) is 23.5. The van der Waals surface area contributed by atoms with Gasteiger partial charge in [0.15, 0.2) is 11.5 Å². The summed E-state index contributed by atoms with van der Waals surface area (Å²) in [5, 5.41) is 14.2. The Kier molecular flexibility index (Phi) is 6.38. The average molecular weight is 478 g/mol. The van der Waals surface area contributed by atoms with Crippen LogP contribution in [0.1, 0.15) is 54.8 Å². The number of rotatable bonds is 7. The molecule has 176 valence electrons. The summed E-state index contributed by atoms with van der Waals surface area (Å²) in [4.78, 5) is 13.0. The number of nitrogens with one attached hydrogen (secondary N) is 1. The molecule has 1 atom stereocenters. The molecule has 1 amide bonds. The Balaban J connectivity index is 1.25. The summed E-state index contributed by atoms with van der Waals surface area (Å²) >= 11 is 6.24. The molecule has 1 aliphatic heterocycles. The summed E-state index contributed by atoms with van der Waals surface area (Å²) in [5.74, 6) is 1.26. The molecule has 1 spiro atoms. The number of phenolic OH excluding ortho intramolecular Hbond substituents is 1. The van der Waals surface area contributed by atoms with Gasteiger partial charge in [0.2, 0.25) is 5.91 Å². The molecule has 1 saturated carbocycles. The summed E-state index contributed by atoms with van der Waals surface area (Å²) in [6, 6.07) is 20.5. The molecule has 2 aliphatic rings. The lowest BCUT2D eigenvalue weighted by molar-refractivity contribution is -0.123. The highest BCUT2D eigenvalue weighted by molar-refractivity contribution is 6.30. The number of fused-ring (bicyclic) bond motifs is 1. The van der Waals surface area contributed by atoms with E-state index in [0.717, 1.165) is 48.1 Å². The van der Waals surface area contributed by atoms with Crippen molar-refractivity contribution in [2.45, 2.75) is 56.8 Å². The molecule has 0 saturated heterocycles. The van der Waals surface area contributed by atoms with E-state index < -0.39 is 0 Å². The van der Waals surface area contributed by atoms with E-state index in [1.807, 2.05) is 54.6 Å². The first-order valence-electron chi connectivity index (χ1n) is 11.8. The van der Waals surface area contributed by atoms with Gasteiger partial charge in [0.05, 0.1) is 6.04 Å². The van der Waals surface area contributed by atoms with Crippen molar-refractivity contribution in [2.75, 3.05) is 0 Å². The molecule has 34 heavy (non-hydrogen) atoms. The van der Waals surface area contributed by atoms with Crippen molar-refractivity contribution < 1.29 is 19.4 Å². The maximum atomic E-state index is 13.0. The van der Waals surface area contributed by atoms with Crippen LogP contribution in [0.15, 0.2) is 66.7 Å². The second-order valence-electron chi connectivity index (χ2n) is 9.18. The number of para-hydroxylation sites is 1. The Morgan fingerprint density at radius 1 is 1.12 bits per heavy atom. The van der Waals surface area contributed by atoms with E-state index in [0.29, 0.717) is 23.8 Å². The first-order chi connectivity index (χ1) is 16.5. The predicted octanol–water partition coefficient (Wildman–Crippen LogP) is 6.12. The van der Waals surface area contributed by atoms with Gasteiger partial charge in [0.1, 0.15) is 18.0 Å². The molecule has 0 bridgehead atoms. The molecule has 1 unspecified atom stereocenters. The number of hydrogen-bond donors (Lipinski definition) is 2. The Morgan fingerprint density at radius 3 is 2.71 bits per heavy atom. The van der Waals surface area contributed by atoms with Crippen molar-refractivity contribution in [1.29, 1.82) is 0 Å². The number of carbonyl (C=O) groups excluding carboxylic acids is 1. The quantitative estimate of drug-likeness (QED) is 0.430. The Morgan fingerprint density at radius 2 is 1.94 bits per heavy atom. The Hall–Kier alpha value is -3.18. The molecule has 1 aliphatic carbocycles. The van der Waals surface area contributed by atoms with Crippen LogP contribution in [0.4, 0.5) is 0 Å². The van der Waals surface area contributed by atoms with Gasteiger partial charge in [-0.15, -0.1) is 0 Å². The van der Waals surface area contributed by atoms with Crippen LogP contribution in [-0.2, 0) is 17.8 Å². The van der Waals surface area contributed by atoms with Crippen LogP contribution in [0.2, 0.25) is 5.02 Å². The minimum absolute atomic E-state index is 0.0512.